The Kier molecular flexibility index (Phi) is 1.63. The number of carbonyl (C=O) groups is 1. The van der Waals surface area contributed by atoms with Crippen molar-refractivity contribution in [3.63, 3.8) is 0 Å². The average molecular weight is 187 g/mol. The fraction of sp³-hybridized carbons (Fsp3) is 0.417. The van der Waals surface area contributed by atoms with Gasteiger partial charge in [-0.2, -0.15) is 0 Å². The fourth-order valence-electron chi connectivity index (χ4n) is 2.72. The second kappa shape index (κ2) is 2.84. The van der Waals surface area contributed by atoms with Crippen molar-refractivity contribution in [3.05, 3.63) is 35.5 Å². The molecule has 1 heterocycles. The number of nitrogens with one attached hydrogen (secondary N) is 1. The minimum atomic E-state index is 0.178. The van der Waals surface area contributed by atoms with E-state index in [0.717, 1.165) is 19.4 Å². The zero-order chi connectivity index (χ0) is 9.54. The molecule has 0 aromatic carbocycles. The number of hydrogen-bond acceptors (Lipinski definition) is 1. The topological polar surface area (TPSA) is 29.1 Å². The summed E-state index contributed by atoms with van der Waals surface area (Å²) in [6.45, 7) is 0.771. The number of rotatable bonds is 0. The Hall–Kier alpha value is -1.31. The summed E-state index contributed by atoms with van der Waals surface area (Å²) in [5.74, 6) is 0.977. The minimum Gasteiger partial charge on any atom is -0.352 e. The van der Waals surface area contributed by atoms with Crippen LogP contribution >= 0.6 is 0 Å². The van der Waals surface area contributed by atoms with Crippen LogP contribution in [0.25, 0.3) is 0 Å². The lowest BCUT2D eigenvalue weighted by Crippen LogP contribution is -2.22. The van der Waals surface area contributed by atoms with Gasteiger partial charge in [-0.05, 0) is 24.0 Å². The van der Waals surface area contributed by atoms with Crippen molar-refractivity contribution in [1.29, 1.82) is 0 Å². The van der Waals surface area contributed by atoms with Crippen LogP contribution < -0.4 is 5.32 Å². The molecule has 3 aliphatic rings. The molecule has 0 aromatic rings. The van der Waals surface area contributed by atoms with Crippen LogP contribution in [0.15, 0.2) is 35.5 Å². The molecule has 2 aliphatic carbocycles. The maximum atomic E-state index is 11.5. The van der Waals surface area contributed by atoms with E-state index in [9.17, 15) is 4.79 Å². The van der Waals surface area contributed by atoms with E-state index in [0.29, 0.717) is 5.92 Å². The van der Waals surface area contributed by atoms with Gasteiger partial charge in [0.15, 0.2) is 0 Å². The Labute approximate surface area is 83.4 Å². The molecule has 1 fully saturated rings. The highest BCUT2D eigenvalue weighted by Gasteiger charge is 2.36. The van der Waals surface area contributed by atoms with Crippen LogP contribution in [0, 0.1) is 11.8 Å². The first-order valence-electron chi connectivity index (χ1n) is 5.22. The normalized spacial score (nSPS) is 34.1. The molecule has 2 atom stereocenters. The number of carbonyl (C=O) groups excluding carboxylic acids is 1. The van der Waals surface area contributed by atoms with Gasteiger partial charge in [-0.15, -0.1) is 0 Å². The van der Waals surface area contributed by atoms with Crippen molar-refractivity contribution in [2.24, 2.45) is 11.8 Å². The van der Waals surface area contributed by atoms with Gasteiger partial charge in [-0.25, -0.2) is 0 Å². The van der Waals surface area contributed by atoms with Gasteiger partial charge < -0.3 is 5.32 Å². The van der Waals surface area contributed by atoms with Crippen molar-refractivity contribution in [2.75, 3.05) is 6.54 Å². The van der Waals surface area contributed by atoms with Gasteiger partial charge in [0, 0.05) is 12.5 Å². The lowest BCUT2D eigenvalue weighted by Gasteiger charge is -2.27. The van der Waals surface area contributed by atoms with Crippen LogP contribution in [0.4, 0.5) is 0 Å². The van der Waals surface area contributed by atoms with Crippen molar-refractivity contribution >= 4 is 5.91 Å². The summed E-state index contributed by atoms with van der Waals surface area (Å²) in [7, 11) is 0. The van der Waals surface area contributed by atoms with Crippen LogP contribution in [0.3, 0.4) is 0 Å². The lowest BCUT2D eigenvalue weighted by atomic mass is 9.76. The lowest BCUT2D eigenvalue weighted by molar-refractivity contribution is -0.122. The molecular formula is C12H13NO. The number of hydrogen-bond donors (Lipinski definition) is 1. The molecule has 1 saturated heterocycles. The van der Waals surface area contributed by atoms with Gasteiger partial charge in [0.1, 0.15) is 0 Å². The van der Waals surface area contributed by atoms with Gasteiger partial charge in [0.2, 0.25) is 5.91 Å². The highest BCUT2D eigenvalue weighted by Crippen LogP contribution is 2.39. The number of allylic oxidation sites excluding steroid dienone is 5. The second-order valence-corrected chi connectivity index (χ2v) is 4.18. The van der Waals surface area contributed by atoms with Crippen LogP contribution in [-0.2, 0) is 4.79 Å². The van der Waals surface area contributed by atoms with Gasteiger partial charge in [0.05, 0.1) is 5.92 Å². The highest BCUT2D eigenvalue weighted by atomic mass is 16.2. The van der Waals surface area contributed by atoms with E-state index in [-0.39, 0.29) is 11.8 Å². The summed E-state index contributed by atoms with van der Waals surface area (Å²) in [5.41, 5.74) is 2.73. The first kappa shape index (κ1) is 8.04. The van der Waals surface area contributed by atoms with Crippen molar-refractivity contribution in [1.82, 2.24) is 5.32 Å². The molecule has 1 N–H and O–H groups in total. The van der Waals surface area contributed by atoms with Gasteiger partial charge in [-0.1, -0.05) is 24.3 Å². The largest absolute Gasteiger partial charge is 0.352 e. The van der Waals surface area contributed by atoms with E-state index in [4.69, 9.17) is 0 Å². The Bertz CT molecular complexity index is 376. The molecule has 1 aliphatic heterocycles. The van der Waals surface area contributed by atoms with Crippen LogP contribution in [0.5, 0.6) is 0 Å². The van der Waals surface area contributed by atoms with Gasteiger partial charge in [-0.3, -0.25) is 4.79 Å². The molecule has 0 saturated carbocycles. The summed E-state index contributed by atoms with van der Waals surface area (Å²) in [5, 5.41) is 2.94. The highest BCUT2D eigenvalue weighted by molar-refractivity contribution is 5.86. The Morgan fingerprint density at radius 1 is 1.29 bits per heavy atom. The molecule has 2 heteroatoms. The molecule has 2 unspecified atom stereocenters. The van der Waals surface area contributed by atoms with E-state index < -0.39 is 0 Å². The Morgan fingerprint density at radius 2 is 2.21 bits per heavy atom. The van der Waals surface area contributed by atoms with E-state index in [1.54, 1.807) is 0 Å². The maximum absolute atomic E-state index is 11.5. The zero-order valence-electron chi connectivity index (χ0n) is 7.99. The third kappa shape index (κ3) is 0.999. The molecule has 0 spiro atoms. The van der Waals surface area contributed by atoms with E-state index >= 15 is 0 Å². The van der Waals surface area contributed by atoms with Gasteiger partial charge >= 0.3 is 0 Å². The molecule has 1 amide bonds. The molecule has 0 radical (unpaired) electrons. The quantitative estimate of drug-likeness (QED) is 0.612. The van der Waals surface area contributed by atoms with E-state index in [1.807, 2.05) is 0 Å². The molecule has 14 heavy (non-hydrogen) atoms. The Balaban J connectivity index is 2.07. The minimum absolute atomic E-state index is 0.178. The second-order valence-electron chi connectivity index (χ2n) is 4.18. The first-order chi connectivity index (χ1) is 6.86. The predicted molar refractivity (Wildman–Crippen MR) is 54.5 cm³/mol. The summed E-state index contributed by atoms with van der Waals surface area (Å²) in [6.07, 6.45) is 10.8. The summed E-state index contributed by atoms with van der Waals surface area (Å²) in [4.78, 5) is 11.5. The molecule has 0 aromatic heterocycles. The molecule has 2 nitrogen and oxygen atoms in total. The van der Waals surface area contributed by atoms with Crippen LogP contribution in [0.1, 0.15) is 12.8 Å². The van der Waals surface area contributed by atoms with Crippen molar-refractivity contribution in [3.8, 4) is 0 Å². The monoisotopic (exact) mass is 187 g/mol. The standard InChI is InChI=1S/C12H13NO/c14-12-10-6-5-8-3-1-2-4-9(8)11(10)7-13-12/h1-4,8,10H,5-7H2,(H,13,14). The van der Waals surface area contributed by atoms with Crippen molar-refractivity contribution < 1.29 is 4.79 Å². The van der Waals surface area contributed by atoms with Crippen LogP contribution in [0.2, 0.25) is 0 Å². The first-order valence-corrected chi connectivity index (χ1v) is 5.22. The summed E-state index contributed by atoms with van der Waals surface area (Å²) in [6, 6.07) is 0. The van der Waals surface area contributed by atoms with Crippen LogP contribution in [-0.4, -0.2) is 12.5 Å². The van der Waals surface area contributed by atoms with Crippen molar-refractivity contribution in [2.45, 2.75) is 12.8 Å². The number of amides is 1. The molecular weight excluding hydrogens is 174 g/mol. The third-order valence-electron chi connectivity index (χ3n) is 3.46. The van der Waals surface area contributed by atoms with E-state index in [1.165, 1.54) is 11.1 Å². The Morgan fingerprint density at radius 3 is 3.14 bits per heavy atom. The SMILES string of the molecule is O=C1NCC2=C3C=CC=CC3CCC12. The zero-order valence-corrected chi connectivity index (χ0v) is 7.99. The van der Waals surface area contributed by atoms with E-state index in [2.05, 4.69) is 29.6 Å². The molecule has 3 rings (SSSR count). The molecule has 72 valence electrons. The predicted octanol–water partition coefficient (Wildman–Crippen LogP) is 1.56. The maximum Gasteiger partial charge on any atom is 0.227 e. The average Bonchev–Trinajstić information content (AvgIpc) is 2.61. The summed E-state index contributed by atoms with van der Waals surface area (Å²) >= 11 is 0. The van der Waals surface area contributed by atoms with Gasteiger partial charge in [0.25, 0.3) is 0 Å². The number of fused-ring (bicyclic) bond motifs is 2. The smallest absolute Gasteiger partial charge is 0.227 e. The third-order valence-corrected chi connectivity index (χ3v) is 3.46. The summed E-state index contributed by atoms with van der Waals surface area (Å²) < 4.78 is 0. The fourth-order valence-corrected chi connectivity index (χ4v) is 2.72. The molecule has 0 bridgehead atoms.